The van der Waals surface area contributed by atoms with Crippen LogP contribution in [0.2, 0.25) is 0 Å². The summed E-state index contributed by atoms with van der Waals surface area (Å²) in [4.78, 5) is 16.9. The van der Waals surface area contributed by atoms with E-state index in [0.717, 1.165) is 0 Å². The van der Waals surface area contributed by atoms with Crippen LogP contribution in [0, 0.1) is 5.82 Å². The quantitative estimate of drug-likeness (QED) is 0.561. The van der Waals surface area contributed by atoms with Gasteiger partial charge in [0.05, 0.1) is 17.4 Å². The molecule has 0 unspecified atom stereocenters. The lowest BCUT2D eigenvalue weighted by molar-refractivity contribution is 0.102. The molecule has 0 spiro atoms. The first-order chi connectivity index (χ1) is 13.6. The van der Waals surface area contributed by atoms with Gasteiger partial charge in [0, 0.05) is 28.0 Å². The van der Waals surface area contributed by atoms with Crippen LogP contribution < -0.4 is 10.1 Å². The summed E-state index contributed by atoms with van der Waals surface area (Å²) in [5, 5.41) is 5.07. The maximum absolute atomic E-state index is 13.9. The smallest absolute Gasteiger partial charge is 0.257 e. The van der Waals surface area contributed by atoms with Gasteiger partial charge in [0.1, 0.15) is 0 Å². The standard InChI is InChI=1S/C20H17FN2O2S3/c1-25-17-7-6-14(10-15(17)21)16-11-28-20(22-16)23-18(24)12-2-4-13(5-3-12)19-26-8-9-27-19/h2-7,10-11,19H,8-9H2,1H3,(H,22,23,24). The molecule has 28 heavy (non-hydrogen) atoms. The zero-order valence-electron chi connectivity index (χ0n) is 15.0. The molecule has 0 radical (unpaired) electrons. The Morgan fingerprint density at radius 1 is 1.18 bits per heavy atom. The highest BCUT2D eigenvalue weighted by Crippen LogP contribution is 2.45. The number of nitrogens with zero attached hydrogens (tertiary/aromatic N) is 1. The van der Waals surface area contributed by atoms with E-state index in [1.165, 1.54) is 41.6 Å². The number of nitrogens with one attached hydrogen (secondary N) is 1. The average molecular weight is 433 g/mol. The third-order valence-electron chi connectivity index (χ3n) is 4.24. The zero-order valence-corrected chi connectivity index (χ0v) is 17.4. The Balaban J connectivity index is 1.44. The fraction of sp³-hybridized carbons (Fsp3) is 0.200. The van der Waals surface area contributed by atoms with Crippen molar-refractivity contribution in [3.05, 3.63) is 64.8 Å². The molecule has 1 N–H and O–H groups in total. The van der Waals surface area contributed by atoms with Crippen molar-refractivity contribution in [2.45, 2.75) is 4.58 Å². The molecule has 1 amide bonds. The summed E-state index contributed by atoms with van der Waals surface area (Å²) < 4.78 is 19.3. The fourth-order valence-corrected chi connectivity index (χ4v) is 6.38. The fourth-order valence-electron chi connectivity index (χ4n) is 2.80. The van der Waals surface area contributed by atoms with Gasteiger partial charge >= 0.3 is 0 Å². The predicted octanol–water partition coefficient (Wildman–Crippen LogP) is 5.69. The van der Waals surface area contributed by atoms with Crippen molar-refractivity contribution in [2.75, 3.05) is 23.9 Å². The van der Waals surface area contributed by atoms with Crippen LogP contribution in [-0.2, 0) is 0 Å². The molecule has 1 aliphatic heterocycles. The van der Waals surface area contributed by atoms with Crippen molar-refractivity contribution in [3.63, 3.8) is 0 Å². The number of aromatic nitrogens is 1. The van der Waals surface area contributed by atoms with E-state index < -0.39 is 5.82 Å². The average Bonchev–Trinajstić information content (AvgIpc) is 3.40. The maximum atomic E-state index is 13.9. The molecule has 8 heteroatoms. The molecule has 1 aromatic heterocycles. The number of anilines is 1. The Bertz CT molecular complexity index is 985. The van der Waals surface area contributed by atoms with Gasteiger partial charge in [-0.15, -0.1) is 34.9 Å². The van der Waals surface area contributed by atoms with Crippen LogP contribution in [0.25, 0.3) is 11.3 Å². The van der Waals surface area contributed by atoms with Gasteiger partial charge in [0.25, 0.3) is 5.91 Å². The van der Waals surface area contributed by atoms with Crippen LogP contribution in [0.5, 0.6) is 5.75 Å². The third-order valence-corrected chi connectivity index (χ3v) is 8.10. The van der Waals surface area contributed by atoms with Crippen molar-refractivity contribution < 1.29 is 13.9 Å². The second-order valence-electron chi connectivity index (χ2n) is 6.04. The number of hydrogen-bond donors (Lipinski definition) is 1. The van der Waals surface area contributed by atoms with Gasteiger partial charge in [0.15, 0.2) is 16.7 Å². The molecule has 4 nitrogen and oxygen atoms in total. The van der Waals surface area contributed by atoms with Crippen LogP contribution in [-0.4, -0.2) is 29.5 Å². The van der Waals surface area contributed by atoms with Gasteiger partial charge in [-0.25, -0.2) is 9.37 Å². The van der Waals surface area contributed by atoms with Gasteiger partial charge in [-0.05, 0) is 35.9 Å². The molecule has 3 aromatic rings. The summed E-state index contributed by atoms with van der Waals surface area (Å²) in [6.07, 6.45) is 0. The van der Waals surface area contributed by atoms with Crippen molar-refractivity contribution in [2.24, 2.45) is 0 Å². The Labute approximate surface area is 174 Å². The van der Waals surface area contributed by atoms with Crippen molar-refractivity contribution in [3.8, 4) is 17.0 Å². The minimum absolute atomic E-state index is 0.186. The largest absolute Gasteiger partial charge is 0.494 e. The number of carbonyl (C=O) groups is 1. The Morgan fingerprint density at radius 2 is 1.93 bits per heavy atom. The number of halogens is 1. The number of rotatable bonds is 5. The minimum Gasteiger partial charge on any atom is -0.494 e. The van der Waals surface area contributed by atoms with E-state index in [0.29, 0.717) is 26.5 Å². The molecular weight excluding hydrogens is 415 g/mol. The SMILES string of the molecule is COc1ccc(-c2csc(NC(=O)c3ccc(C4SCCS4)cc3)n2)cc1F. The molecule has 2 heterocycles. The topological polar surface area (TPSA) is 51.2 Å². The van der Waals surface area contributed by atoms with E-state index in [2.05, 4.69) is 10.3 Å². The first-order valence-corrected chi connectivity index (χ1v) is 11.6. The highest BCUT2D eigenvalue weighted by Gasteiger charge is 2.18. The molecule has 144 valence electrons. The Morgan fingerprint density at radius 3 is 2.61 bits per heavy atom. The summed E-state index contributed by atoms with van der Waals surface area (Å²) >= 11 is 5.17. The second kappa shape index (κ2) is 8.55. The van der Waals surface area contributed by atoms with Gasteiger partial charge in [0.2, 0.25) is 0 Å². The summed E-state index contributed by atoms with van der Waals surface area (Å²) in [6.45, 7) is 0. The summed E-state index contributed by atoms with van der Waals surface area (Å²) in [7, 11) is 1.42. The normalized spacial score (nSPS) is 14.2. The molecule has 0 aliphatic carbocycles. The maximum Gasteiger partial charge on any atom is 0.257 e. The first kappa shape index (κ1) is 19.3. The number of thioether (sulfide) groups is 2. The molecule has 1 aliphatic rings. The van der Waals surface area contributed by atoms with E-state index in [1.54, 1.807) is 17.5 Å². The van der Waals surface area contributed by atoms with Gasteiger partial charge in [-0.3, -0.25) is 10.1 Å². The number of benzene rings is 2. The van der Waals surface area contributed by atoms with Crippen LogP contribution in [0.15, 0.2) is 47.8 Å². The number of methoxy groups -OCH3 is 1. The minimum atomic E-state index is -0.447. The van der Waals surface area contributed by atoms with E-state index >= 15 is 0 Å². The molecule has 2 aromatic carbocycles. The van der Waals surface area contributed by atoms with Crippen molar-refractivity contribution >= 4 is 45.9 Å². The summed E-state index contributed by atoms with van der Waals surface area (Å²) in [6, 6.07) is 12.4. The molecule has 0 atom stereocenters. The van der Waals surface area contributed by atoms with Crippen LogP contribution >= 0.6 is 34.9 Å². The monoisotopic (exact) mass is 432 g/mol. The Hall–Kier alpha value is -2.03. The lowest BCUT2D eigenvalue weighted by atomic mass is 10.1. The van der Waals surface area contributed by atoms with E-state index in [4.69, 9.17) is 4.74 Å². The molecule has 0 saturated carbocycles. The second-order valence-corrected chi connectivity index (χ2v) is 9.62. The van der Waals surface area contributed by atoms with Crippen LogP contribution in [0.3, 0.4) is 0 Å². The summed E-state index contributed by atoms with van der Waals surface area (Å²) in [5.74, 6) is 1.87. The van der Waals surface area contributed by atoms with Crippen LogP contribution in [0.1, 0.15) is 20.5 Å². The number of ether oxygens (including phenoxy) is 1. The molecule has 0 bridgehead atoms. The highest BCUT2D eigenvalue weighted by atomic mass is 32.2. The summed E-state index contributed by atoms with van der Waals surface area (Å²) in [5.41, 5.74) is 3.06. The number of amides is 1. The number of thiazole rings is 1. The zero-order chi connectivity index (χ0) is 19.5. The third kappa shape index (κ3) is 4.19. The molecule has 1 fully saturated rings. The number of hydrogen-bond acceptors (Lipinski definition) is 6. The Kier molecular flexibility index (Phi) is 5.89. The first-order valence-electron chi connectivity index (χ1n) is 8.58. The highest BCUT2D eigenvalue weighted by molar-refractivity contribution is 8.19. The molecule has 1 saturated heterocycles. The van der Waals surface area contributed by atoms with Gasteiger partial charge < -0.3 is 4.74 Å². The van der Waals surface area contributed by atoms with Gasteiger partial charge in [-0.2, -0.15) is 0 Å². The molecule has 4 rings (SSSR count). The van der Waals surface area contributed by atoms with Crippen molar-refractivity contribution in [1.29, 1.82) is 0 Å². The van der Waals surface area contributed by atoms with Gasteiger partial charge in [-0.1, -0.05) is 12.1 Å². The number of carbonyl (C=O) groups excluding carboxylic acids is 1. The lowest BCUT2D eigenvalue weighted by Gasteiger charge is -2.09. The van der Waals surface area contributed by atoms with E-state index in [9.17, 15) is 9.18 Å². The van der Waals surface area contributed by atoms with Crippen LogP contribution in [0.4, 0.5) is 9.52 Å². The van der Waals surface area contributed by atoms with E-state index in [-0.39, 0.29) is 11.7 Å². The molecular formula is C20H17FN2O2S3. The lowest BCUT2D eigenvalue weighted by Crippen LogP contribution is -2.11. The predicted molar refractivity (Wildman–Crippen MR) is 116 cm³/mol. The van der Waals surface area contributed by atoms with E-state index in [1.807, 2.05) is 47.8 Å². The van der Waals surface area contributed by atoms with Crippen molar-refractivity contribution in [1.82, 2.24) is 4.98 Å².